The number of carbonyl (C=O) groups is 1. The third-order valence-corrected chi connectivity index (χ3v) is 3.20. The lowest BCUT2D eigenvalue weighted by molar-refractivity contribution is -0.136. The Hall–Kier alpha value is -1.35. The topological polar surface area (TPSA) is 37.3 Å². The molecule has 0 saturated heterocycles. The minimum absolute atomic E-state index is 0.637. The average Bonchev–Trinajstić information content (AvgIpc) is 2.27. The maximum Gasteiger partial charge on any atom is 0.321 e. The molecule has 0 spiro atoms. The standard InChI is InChI=1S/C12H9BrO2/c13-11(12(14)15)10-6-5-8-3-1-2-4-9(8)7-10/h1-7,11H,(H,14,15)/t11-/m0/s1. The zero-order valence-electron chi connectivity index (χ0n) is 7.85. The zero-order chi connectivity index (χ0) is 10.8. The summed E-state index contributed by atoms with van der Waals surface area (Å²) in [5.74, 6) is -0.870. The van der Waals surface area contributed by atoms with Crippen LogP contribution < -0.4 is 0 Å². The Morgan fingerprint density at radius 3 is 2.47 bits per heavy atom. The maximum atomic E-state index is 10.8. The summed E-state index contributed by atoms with van der Waals surface area (Å²) in [5, 5.41) is 11.0. The second-order valence-corrected chi connectivity index (χ2v) is 4.22. The van der Waals surface area contributed by atoms with Crippen LogP contribution in [0.1, 0.15) is 10.4 Å². The van der Waals surface area contributed by atoms with Gasteiger partial charge in [0.1, 0.15) is 4.83 Å². The lowest BCUT2D eigenvalue weighted by Gasteiger charge is -2.06. The van der Waals surface area contributed by atoms with Gasteiger partial charge in [-0.25, -0.2) is 0 Å². The zero-order valence-corrected chi connectivity index (χ0v) is 9.44. The first kappa shape index (κ1) is 10.2. The molecule has 2 nitrogen and oxygen atoms in total. The molecule has 76 valence electrons. The van der Waals surface area contributed by atoms with E-state index in [1.807, 2.05) is 42.5 Å². The van der Waals surface area contributed by atoms with Gasteiger partial charge in [0, 0.05) is 0 Å². The van der Waals surface area contributed by atoms with Gasteiger partial charge >= 0.3 is 5.97 Å². The number of benzene rings is 2. The summed E-state index contributed by atoms with van der Waals surface area (Å²) >= 11 is 3.14. The van der Waals surface area contributed by atoms with Crippen LogP contribution >= 0.6 is 15.9 Å². The van der Waals surface area contributed by atoms with E-state index in [9.17, 15) is 4.79 Å². The fourth-order valence-corrected chi connectivity index (χ4v) is 1.79. The van der Waals surface area contributed by atoms with E-state index in [4.69, 9.17) is 5.11 Å². The van der Waals surface area contributed by atoms with E-state index in [1.165, 1.54) is 0 Å². The number of aliphatic carboxylic acids is 1. The van der Waals surface area contributed by atoms with Gasteiger partial charge in [-0.05, 0) is 22.4 Å². The largest absolute Gasteiger partial charge is 0.480 e. The first-order valence-corrected chi connectivity index (χ1v) is 5.45. The van der Waals surface area contributed by atoms with E-state index in [0.29, 0.717) is 0 Å². The van der Waals surface area contributed by atoms with Crippen molar-refractivity contribution in [2.75, 3.05) is 0 Å². The third kappa shape index (κ3) is 2.02. The van der Waals surface area contributed by atoms with Gasteiger partial charge in [-0.3, -0.25) is 4.79 Å². The van der Waals surface area contributed by atoms with Crippen LogP contribution in [-0.2, 0) is 4.79 Å². The minimum atomic E-state index is -0.870. The SMILES string of the molecule is O=C(O)[C@@H](Br)c1ccc2ccccc2c1. The molecule has 0 fully saturated rings. The number of carboxylic acid groups (broad SMARTS) is 1. The van der Waals surface area contributed by atoms with Crippen LogP contribution in [0.4, 0.5) is 0 Å². The smallest absolute Gasteiger partial charge is 0.321 e. The third-order valence-electron chi connectivity index (χ3n) is 2.28. The van der Waals surface area contributed by atoms with Crippen molar-refractivity contribution in [3.05, 3.63) is 48.0 Å². The summed E-state index contributed by atoms with van der Waals surface area (Å²) in [5.41, 5.74) is 0.765. The molecule has 0 aliphatic rings. The van der Waals surface area contributed by atoms with Crippen LogP contribution in [0.3, 0.4) is 0 Å². The molecule has 1 atom stereocenters. The molecule has 0 unspecified atom stereocenters. The first-order valence-electron chi connectivity index (χ1n) is 4.54. The predicted molar refractivity (Wildman–Crippen MR) is 63.3 cm³/mol. The van der Waals surface area contributed by atoms with Gasteiger partial charge in [0.15, 0.2) is 0 Å². The van der Waals surface area contributed by atoms with Crippen LogP contribution in [0.5, 0.6) is 0 Å². The number of halogens is 1. The fourth-order valence-electron chi connectivity index (χ4n) is 1.51. The summed E-state index contributed by atoms with van der Waals surface area (Å²) in [6.07, 6.45) is 0. The first-order chi connectivity index (χ1) is 7.18. The summed E-state index contributed by atoms with van der Waals surface area (Å²) in [6, 6.07) is 13.5. The Balaban J connectivity index is 2.51. The van der Waals surface area contributed by atoms with Crippen molar-refractivity contribution in [3.8, 4) is 0 Å². The Morgan fingerprint density at radius 1 is 1.13 bits per heavy atom. The van der Waals surface area contributed by atoms with Gasteiger partial charge in [0.05, 0.1) is 0 Å². The lowest BCUT2D eigenvalue weighted by Crippen LogP contribution is -2.03. The number of fused-ring (bicyclic) bond motifs is 1. The van der Waals surface area contributed by atoms with Crippen molar-refractivity contribution in [1.82, 2.24) is 0 Å². The van der Waals surface area contributed by atoms with Crippen molar-refractivity contribution < 1.29 is 9.90 Å². The molecule has 15 heavy (non-hydrogen) atoms. The fraction of sp³-hybridized carbons (Fsp3) is 0.0833. The van der Waals surface area contributed by atoms with Crippen molar-refractivity contribution >= 4 is 32.7 Å². The summed E-state index contributed by atoms with van der Waals surface area (Å²) in [7, 11) is 0. The van der Waals surface area contributed by atoms with Gasteiger partial charge < -0.3 is 5.11 Å². The van der Waals surface area contributed by atoms with Crippen molar-refractivity contribution in [2.45, 2.75) is 4.83 Å². The summed E-state index contributed by atoms with van der Waals surface area (Å²) < 4.78 is 0. The van der Waals surface area contributed by atoms with E-state index in [2.05, 4.69) is 15.9 Å². The molecule has 0 bridgehead atoms. The second-order valence-electron chi connectivity index (χ2n) is 3.31. The minimum Gasteiger partial charge on any atom is -0.480 e. The van der Waals surface area contributed by atoms with Crippen molar-refractivity contribution in [1.29, 1.82) is 0 Å². The molecule has 1 N–H and O–H groups in total. The highest BCUT2D eigenvalue weighted by Crippen LogP contribution is 2.26. The molecule has 0 amide bonds. The van der Waals surface area contributed by atoms with Crippen LogP contribution in [0.15, 0.2) is 42.5 Å². The van der Waals surface area contributed by atoms with Gasteiger partial charge in [-0.15, -0.1) is 0 Å². The highest BCUT2D eigenvalue weighted by Gasteiger charge is 2.15. The molecular weight excluding hydrogens is 256 g/mol. The Morgan fingerprint density at radius 2 is 1.80 bits per heavy atom. The van der Waals surface area contributed by atoms with Gasteiger partial charge in [0.25, 0.3) is 0 Å². The van der Waals surface area contributed by atoms with Gasteiger partial charge in [-0.1, -0.05) is 52.3 Å². The number of rotatable bonds is 2. The molecule has 2 rings (SSSR count). The molecule has 3 heteroatoms. The monoisotopic (exact) mass is 264 g/mol. The second kappa shape index (κ2) is 4.03. The Labute approximate surface area is 95.7 Å². The van der Waals surface area contributed by atoms with Crippen molar-refractivity contribution in [3.63, 3.8) is 0 Å². The van der Waals surface area contributed by atoms with Crippen LogP contribution in [0, 0.1) is 0 Å². The molecule has 2 aromatic carbocycles. The maximum absolute atomic E-state index is 10.8. The Bertz CT molecular complexity index is 508. The van der Waals surface area contributed by atoms with Crippen LogP contribution in [0.25, 0.3) is 10.8 Å². The summed E-state index contributed by atoms with van der Waals surface area (Å²) in [6.45, 7) is 0. The predicted octanol–water partition coefficient (Wildman–Crippen LogP) is 3.36. The molecule has 0 aliphatic heterocycles. The highest BCUT2D eigenvalue weighted by molar-refractivity contribution is 9.09. The van der Waals surface area contributed by atoms with Gasteiger partial charge in [-0.2, -0.15) is 0 Å². The number of hydrogen-bond acceptors (Lipinski definition) is 1. The molecule has 0 aromatic heterocycles. The van der Waals surface area contributed by atoms with Crippen LogP contribution in [-0.4, -0.2) is 11.1 Å². The van der Waals surface area contributed by atoms with Gasteiger partial charge in [0.2, 0.25) is 0 Å². The van der Waals surface area contributed by atoms with E-state index in [0.717, 1.165) is 16.3 Å². The normalized spacial score (nSPS) is 12.6. The average molecular weight is 265 g/mol. The Kier molecular flexibility index (Phi) is 2.73. The quantitative estimate of drug-likeness (QED) is 0.845. The molecule has 0 radical (unpaired) electrons. The van der Waals surface area contributed by atoms with Crippen molar-refractivity contribution in [2.24, 2.45) is 0 Å². The number of carboxylic acids is 1. The summed E-state index contributed by atoms with van der Waals surface area (Å²) in [4.78, 5) is 10.2. The molecule has 0 heterocycles. The number of alkyl halides is 1. The molecule has 2 aromatic rings. The molecule has 0 aliphatic carbocycles. The van der Waals surface area contributed by atoms with E-state index in [-0.39, 0.29) is 0 Å². The number of hydrogen-bond donors (Lipinski definition) is 1. The van der Waals surface area contributed by atoms with E-state index >= 15 is 0 Å². The highest BCUT2D eigenvalue weighted by atomic mass is 79.9. The van der Waals surface area contributed by atoms with Crippen LogP contribution in [0.2, 0.25) is 0 Å². The van der Waals surface area contributed by atoms with E-state index < -0.39 is 10.8 Å². The van der Waals surface area contributed by atoms with E-state index in [1.54, 1.807) is 0 Å². The lowest BCUT2D eigenvalue weighted by atomic mass is 10.1. The molecular formula is C12H9BrO2. The molecule has 0 saturated carbocycles.